The molecule has 1 aromatic carbocycles. The number of aliphatic hydroxyl groups is 1. The summed E-state index contributed by atoms with van der Waals surface area (Å²) in [5, 5.41) is 11.0. The monoisotopic (exact) mass is 233 g/mol. The van der Waals surface area contributed by atoms with Crippen LogP contribution in [0.1, 0.15) is 38.3 Å². The molecule has 17 heavy (non-hydrogen) atoms. The summed E-state index contributed by atoms with van der Waals surface area (Å²) < 4.78 is 0. The molecule has 0 bridgehead atoms. The van der Waals surface area contributed by atoms with E-state index >= 15 is 0 Å². The maximum absolute atomic E-state index is 11.0. The second-order valence-corrected chi connectivity index (χ2v) is 4.88. The molecule has 94 valence electrons. The van der Waals surface area contributed by atoms with Crippen molar-refractivity contribution in [2.75, 3.05) is 13.1 Å². The van der Waals surface area contributed by atoms with Gasteiger partial charge in [0, 0.05) is 6.04 Å². The summed E-state index contributed by atoms with van der Waals surface area (Å²) in [6.07, 6.45) is 1.76. The highest BCUT2D eigenvalue weighted by molar-refractivity contribution is 5.40. The molecular weight excluding hydrogens is 210 g/mol. The third-order valence-corrected chi connectivity index (χ3v) is 4.24. The van der Waals surface area contributed by atoms with Crippen LogP contribution in [0.3, 0.4) is 0 Å². The lowest BCUT2D eigenvalue weighted by atomic mass is 9.89. The fourth-order valence-corrected chi connectivity index (χ4v) is 3.20. The lowest BCUT2D eigenvalue weighted by molar-refractivity contribution is -0.0418. The van der Waals surface area contributed by atoms with Gasteiger partial charge in [0.1, 0.15) is 5.60 Å². The van der Waals surface area contributed by atoms with Crippen LogP contribution in [0, 0.1) is 0 Å². The van der Waals surface area contributed by atoms with E-state index in [1.54, 1.807) is 0 Å². The van der Waals surface area contributed by atoms with Gasteiger partial charge >= 0.3 is 0 Å². The molecule has 1 aliphatic rings. The van der Waals surface area contributed by atoms with E-state index < -0.39 is 5.60 Å². The Hall–Kier alpha value is -0.860. The summed E-state index contributed by atoms with van der Waals surface area (Å²) >= 11 is 0. The Labute approximate surface area is 104 Å². The predicted octanol–water partition coefficient (Wildman–Crippen LogP) is 2.55. The summed E-state index contributed by atoms with van der Waals surface area (Å²) in [5.74, 6) is 0. The Morgan fingerprint density at radius 2 is 1.88 bits per heavy atom. The van der Waals surface area contributed by atoms with E-state index in [0.29, 0.717) is 0 Å². The molecule has 2 rings (SSSR count). The minimum absolute atomic E-state index is 0.236. The van der Waals surface area contributed by atoms with Gasteiger partial charge in [-0.3, -0.25) is 4.90 Å². The first-order valence-corrected chi connectivity index (χ1v) is 6.72. The normalized spacial score (nSPS) is 27.5. The van der Waals surface area contributed by atoms with E-state index in [4.69, 9.17) is 0 Å². The van der Waals surface area contributed by atoms with Gasteiger partial charge in [0.15, 0.2) is 0 Å². The first-order valence-electron chi connectivity index (χ1n) is 6.72. The first-order chi connectivity index (χ1) is 8.17. The Kier molecular flexibility index (Phi) is 3.55. The number of nitrogens with zero attached hydrogens (tertiary/aromatic N) is 1. The Bertz CT molecular complexity index is 386. The van der Waals surface area contributed by atoms with Crippen LogP contribution in [0.25, 0.3) is 0 Å². The van der Waals surface area contributed by atoms with Crippen molar-refractivity contribution >= 4 is 0 Å². The molecule has 0 saturated heterocycles. The van der Waals surface area contributed by atoms with E-state index in [2.05, 4.69) is 43.9 Å². The van der Waals surface area contributed by atoms with Gasteiger partial charge in [-0.05, 0) is 37.1 Å². The van der Waals surface area contributed by atoms with Gasteiger partial charge in [0.25, 0.3) is 0 Å². The van der Waals surface area contributed by atoms with Crippen molar-refractivity contribution in [3.05, 3.63) is 35.4 Å². The summed E-state index contributed by atoms with van der Waals surface area (Å²) in [6.45, 7) is 8.42. The van der Waals surface area contributed by atoms with Crippen molar-refractivity contribution in [2.45, 2.75) is 45.3 Å². The number of hydrogen-bond acceptors (Lipinski definition) is 2. The van der Waals surface area contributed by atoms with Crippen molar-refractivity contribution in [3.63, 3.8) is 0 Å². The lowest BCUT2D eigenvalue weighted by Gasteiger charge is -2.37. The zero-order chi connectivity index (χ0) is 12.5. The minimum atomic E-state index is -0.664. The molecule has 0 spiro atoms. The largest absolute Gasteiger partial charge is 0.384 e. The molecule has 0 amide bonds. The Balaban J connectivity index is 2.40. The van der Waals surface area contributed by atoms with Gasteiger partial charge in [0.05, 0.1) is 0 Å². The van der Waals surface area contributed by atoms with Crippen LogP contribution in [-0.4, -0.2) is 29.1 Å². The van der Waals surface area contributed by atoms with Crippen LogP contribution in [0.15, 0.2) is 24.3 Å². The van der Waals surface area contributed by atoms with Gasteiger partial charge in [-0.25, -0.2) is 0 Å². The van der Waals surface area contributed by atoms with Gasteiger partial charge in [0.2, 0.25) is 0 Å². The van der Waals surface area contributed by atoms with Crippen LogP contribution in [0.5, 0.6) is 0 Å². The van der Waals surface area contributed by atoms with Crippen LogP contribution in [0.2, 0.25) is 0 Å². The fraction of sp³-hybridized carbons (Fsp3) is 0.600. The first kappa shape index (κ1) is 12.6. The van der Waals surface area contributed by atoms with Gasteiger partial charge in [-0.2, -0.15) is 0 Å². The van der Waals surface area contributed by atoms with E-state index in [9.17, 15) is 5.11 Å². The zero-order valence-electron chi connectivity index (χ0n) is 11.1. The van der Waals surface area contributed by atoms with E-state index in [-0.39, 0.29) is 6.04 Å². The third kappa shape index (κ3) is 1.90. The highest BCUT2D eigenvalue weighted by Crippen LogP contribution is 2.41. The molecule has 0 aromatic heterocycles. The van der Waals surface area contributed by atoms with Crippen molar-refractivity contribution in [1.82, 2.24) is 4.90 Å². The van der Waals surface area contributed by atoms with Crippen molar-refractivity contribution in [1.29, 1.82) is 0 Å². The molecule has 0 fully saturated rings. The minimum Gasteiger partial charge on any atom is -0.384 e. The van der Waals surface area contributed by atoms with Gasteiger partial charge in [-0.1, -0.05) is 45.0 Å². The van der Waals surface area contributed by atoms with Crippen LogP contribution < -0.4 is 0 Å². The molecule has 0 aliphatic heterocycles. The Morgan fingerprint density at radius 3 is 2.47 bits per heavy atom. The predicted molar refractivity (Wildman–Crippen MR) is 71.0 cm³/mol. The number of hydrogen-bond donors (Lipinski definition) is 1. The average Bonchev–Trinajstić information content (AvgIpc) is 2.66. The molecule has 1 aliphatic carbocycles. The maximum atomic E-state index is 11.0. The molecule has 1 aromatic rings. The van der Waals surface area contributed by atoms with Crippen molar-refractivity contribution in [3.8, 4) is 0 Å². The third-order valence-electron chi connectivity index (χ3n) is 4.24. The molecular formula is C15H23NO. The highest BCUT2D eigenvalue weighted by Gasteiger charge is 2.45. The second kappa shape index (κ2) is 4.79. The molecule has 0 radical (unpaired) electrons. The smallest absolute Gasteiger partial charge is 0.105 e. The van der Waals surface area contributed by atoms with Gasteiger partial charge < -0.3 is 5.11 Å². The SMILES string of the molecule is CCN(CC)[C@H]1Cc2ccccc2[C@@]1(O)CC. The number of benzene rings is 1. The Morgan fingerprint density at radius 1 is 1.24 bits per heavy atom. The van der Waals surface area contributed by atoms with Gasteiger partial charge in [-0.15, -0.1) is 0 Å². The molecule has 1 N–H and O–H groups in total. The van der Waals surface area contributed by atoms with E-state index in [0.717, 1.165) is 31.5 Å². The summed E-state index contributed by atoms with van der Waals surface area (Å²) in [6, 6.07) is 8.57. The highest BCUT2D eigenvalue weighted by atomic mass is 16.3. The van der Waals surface area contributed by atoms with E-state index in [1.165, 1.54) is 5.56 Å². The van der Waals surface area contributed by atoms with Crippen LogP contribution >= 0.6 is 0 Å². The molecule has 2 heteroatoms. The van der Waals surface area contributed by atoms with Crippen LogP contribution in [-0.2, 0) is 12.0 Å². The quantitative estimate of drug-likeness (QED) is 0.864. The molecule has 2 nitrogen and oxygen atoms in total. The summed E-state index contributed by atoms with van der Waals surface area (Å²) in [4.78, 5) is 2.38. The lowest BCUT2D eigenvalue weighted by Crippen LogP contribution is -2.48. The molecule has 2 atom stereocenters. The number of likely N-dealkylation sites (N-methyl/N-ethyl adjacent to an activating group) is 1. The number of fused-ring (bicyclic) bond motifs is 1. The summed E-state index contributed by atoms with van der Waals surface area (Å²) in [7, 11) is 0. The molecule has 0 saturated carbocycles. The fourth-order valence-electron chi connectivity index (χ4n) is 3.20. The van der Waals surface area contributed by atoms with Crippen molar-refractivity contribution < 1.29 is 5.11 Å². The topological polar surface area (TPSA) is 23.5 Å². The van der Waals surface area contributed by atoms with Crippen molar-refractivity contribution in [2.24, 2.45) is 0 Å². The number of rotatable bonds is 4. The molecule has 0 unspecified atom stereocenters. The molecule has 0 heterocycles. The second-order valence-electron chi connectivity index (χ2n) is 4.88. The van der Waals surface area contributed by atoms with E-state index in [1.807, 2.05) is 6.07 Å². The zero-order valence-corrected chi connectivity index (χ0v) is 11.1. The standard InChI is InChI=1S/C15H23NO/c1-4-15(17)13-10-8-7-9-12(13)11-14(15)16(5-2)6-3/h7-10,14,17H,4-6,11H2,1-3H3/t14-,15-/m0/s1. The van der Waals surface area contributed by atoms with Crippen LogP contribution in [0.4, 0.5) is 0 Å². The average molecular weight is 233 g/mol. The summed E-state index contributed by atoms with van der Waals surface area (Å²) in [5.41, 5.74) is 1.79. The maximum Gasteiger partial charge on any atom is 0.105 e.